The zero-order chi connectivity index (χ0) is 16.3. The Kier molecular flexibility index (Phi) is 4.74. The first-order valence-corrected chi connectivity index (χ1v) is 7.59. The summed E-state index contributed by atoms with van der Waals surface area (Å²) in [6.07, 6.45) is 0.505. The number of ether oxygens (including phenoxy) is 1. The summed E-state index contributed by atoms with van der Waals surface area (Å²) in [6.45, 7) is 6.11. The lowest BCUT2D eigenvalue weighted by Gasteiger charge is -2.36. The maximum absolute atomic E-state index is 12.7. The van der Waals surface area contributed by atoms with Crippen LogP contribution < -0.4 is 10.1 Å². The van der Waals surface area contributed by atoms with Gasteiger partial charge in [0.25, 0.3) is 0 Å². The van der Waals surface area contributed by atoms with Crippen molar-refractivity contribution < 1.29 is 19.4 Å². The van der Waals surface area contributed by atoms with E-state index < -0.39 is 11.5 Å². The minimum absolute atomic E-state index is 0.0163. The van der Waals surface area contributed by atoms with Crippen molar-refractivity contribution in [1.82, 2.24) is 5.32 Å². The van der Waals surface area contributed by atoms with Crippen molar-refractivity contribution in [3.63, 3.8) is 0 Å². The molecule has 0 spiro atoms. The predicted molar refractivity (Wildman–Crippen MR) is 82.9 cm³/mol. The van der Waals surface area contributed by atoms with Crippen LogP contribution in [0.15, 0.2) is 24.3 Å². The highest BCUT2D eigenvalue weighted by Gasteiger charge is 2.36. The van der Waals surface area contributed by atoms with Crippen LogP contribution in [0, 0.1) is 5.92 Å². The molecule has 0 radical (unpaired) electrons. The molecule has 2 atom stereocenters. The van der Waals surface area contributed by atoms with Crippen LogP contribution in [-0.4, -0.2) is 29.1 Å². The van der Waals surface area contributed by atoms with E-state index in [4.69, 9.17) is 9.84 Å². The second-order valence-corrected chi connectivity index (χ2v) is 6.36. The van der Waals surface area contributed by atoms with Crippen LogP contribution in [0.1, 0.15) is 45.1 Å². The van der Waals surface area contributed by atoms with Crippen molar-refractivity contribution in [3.05, 3.63) is 29.8 Å². The summed E-state index contributed by atoms with van der Waals surface area (Å²) < 4.78 is 5.57. The second-order valence-electron chi connectivity index (χ2n) is 6.36. The number of para-hydroxylation sites is 1. The van der Waals surface area contributed by atoms with E-state index in [-0.39, 0.29) is 24.2 Å². The third-order valence-corrected chi connectivity index (χ3v) is 4.48. The number of hydrogen-bond donors (Lipinski definition) is 2. The van der Waals surface area contributed by atoms with Crippen molar-refractivity contribution in [3.8, 4) is 5.75 Å². The Morgan fingerprint density at radius 3 is 2.73 bits per heavy atom. The maximum Gasteiger partial charge on any atom is 0.305 e. The highest BCUT2D eigenvalue weighted by Crippen LogP contribution is 2.34. The summed E-state index contributed by atoms with van der Waals surface area (Å²) in [5, 5.41) is 12.1. The lowest BCUT2D eigenvalue weighted by atomic mass is 9.83. The molecule has 2 rings (SSSR count). The quantitative estimate of drug-likeness (QED) is 0.876. The van der Waals surface area contributed by atoms with Crippen LogP contribution in [0.2, 0.25) is 0 Å². The van der Waals surface area contributed by atoms with E-state index in [1.54, 1.807) is 6.92 Å². The minimum atomic E-state index is -0.913. The van der Waals surface area contributed by atoms with Gasteiger partial charge in [-0.25, -0.2) is 0 Å². The molecule has 1 aliphatic heterocycles. The van der Waals surface area contributed by atoms with E-state index in [0.29, 0.717) is 13.0 Å². The molecular formula is C17H23NO4. The number of amides is 1. The van der Waals surface area contributed by atoms with Crippen molar-refractivity contribution in [2.75, 3.05) is 6.61 Å². The first kappa shape index (κ1) is 16.3. The van der Waals surface area contributed by atoms with Gasteiger partial charge in [0.05, 0.1) is 18.9 Å². The summed E-state index contributed by atoms with van der Waals surface area (Å²) in [5.74, 6) is -0.588. The molecular weight excluding hydrogens is 282 g/mol. The molecule has 2 N–H and O–H groups in total. The molecule has 0 bridgehead atoms. The van der Waals surface area contributed by atoms with Gasteiger partial charge in [0.2, 0.25) is 5.91 Å². The smallest absolute Gasteiger partial charge is 0.305 e. The highest BCUT2D eigenvalue weighted by atomic mass is 16.5. The standard InChI is InChI=1S/C17H23NO4/c1-11(2)17(3,10-15(19)20)18-16(21)13-8-9-22-14-7-5-4-6-12(13)14/h4-7,11,13H,8-10H2,1-3H3,(H,18,21)(H,19,20). The number of carbonyl (C=O) groups excluding carboxylic acids is 1. The van der Waals surface area contributed by atoms with Gasteiger partial charge >= 0.3 is 5.97 Å². The van der Waals surface area contributed by atoms with Gasteiger partial charge in [0, 0.05) is 11.1 Å². The molecule has 0 saturated carbocycles. The molecule has 1 heterocycles. The van der Waals surface area contributed by atoms with Gasteiger partial charge < -0.3 is 15.2 Å². The molecule has 0 fully saturated rings. The first-order valence-electron chi connectivity index (χ1n) is 7.59. The lowest BCUT2D eigenvalue weighted by Crippen LogP contribution is -2.53. The van der Waals surface area contributed by atoms with Crippen LogP contribution in [0.25, 0.3) is 0 Å². The summed E-state index contributed by atoms with van der Waals surface area (Å²) in [6, 6.07) is 7.50. The maximum atomic E-state index is 12.7. The third kappa shape index (κ3) is 3.40. The highest BCUT2D eigenvalue weighted by molar-refractivity contribution is 5.86. The summed E-state index contributed by atoms with van der Waals surface area (Å²) in [5.41, 5.74) is 0.101. The average Bonchev–Trinajstić information content (AvgIpc) is 2.45. The lowest BCUT2D eigenvalue weighted by molar-refractivity contribution is -0.139. The molecule has 0 aliphatic carbocycles. The van der Waals surface area contributed by atoms with Crippen LogP contribution in [0.5, 0.6) is 5.75 Å². The van der Waals surface area contributed by atoms with E-state index in [1.165, 1.54) is 0 Å². The van der Waals surface area contributed by atoms with Crippen molar-refractivity contribution in [1.29, 1.82) is 0 Å². The Morgan fingerprint density at radius 1 is 1.41 bits per heavy atom. The van der Waals surface area contributed by atoms with Crippen molar-refractivity contribution >= 4 is 11.9 Å². The minimum Gasteiger partial charge on any atom is -0.493 e. The van der Waals surface area contributed by atoms with E-state index in [1.807, 2.05) is 38.1 Å². The predicted octanol–water partition coefficient (Wildman–Crippen LogP) is 2.56. The topological polar surface area (TPSA) is 75.6 Å². The zero-order valence-electron chi connectivity index (χ0n) is 13.3. The van der Waals surface area contributed by atoms with E-state index in [0.717, 1.165) is 11.3 Å². The van der Waals surface area contributed by atoms with E-state index in [9.17, 15) is 9.59 Å². The Labute approximate surface area is 130 Å². The number of hydrogen-bond acceptors (Lipinski definition) is 3. The normalized spacial score (nSPS) is 19.7. The van der Waals surface area contributed by atoms with Crippen molar-refractivity contribution in [2.45, 2.75) is 45.1 Å². The third-order valence-electron chi connectivity index (χ3n) is 4.48. The first-order chi connectivity index (χ1) is 10.3. The van der Waals surface area contributed by atoms with Gasteiger partial charge in [-0.3, -0.25) is 9.59 Å². The number of aliphatic carboxylic acids is 1. The zero-order valence-corrected chi connectivity index (χ0v) is 13.3. The number of fused-ring (bicyclic) bond motifs is 1. The molecule has 2 unspecified atom stereocenters. The van der Waals surface area contributed by atoms with Gasteiger partial charge in [-0.2, -0.15) is 0 Å². The molecule has 22 heavy (non-hydrogen) atoms. The molecule has 1 amide bonds. The molecule has 5 heteroatoms. The van der Waals surface area contributed by atoms with Gasteiger partial charge in [-0.15, -0.1) is 0 Å². The second kappa shape index (κ2) is 6.38. The Balaban J connectivity index is 2.20. The van der Waals surface area contributed by atoms with Gasteiger partial charge in [0.1, 0.15) is 5.75 Å². The molecule has 1 aromatic rings. The molecule has 5 nitrogen and oxygen atoms in total. The fourth-order valence-electron chi connectivity index (χ4n) is 2.69. The van der Waals surface area contributed by atoms with E-state index >= 15 is 0 Å². The Bertz CT molecular complexity index is 570. The van der Waals surface area contributed by atoms with E-state index in [2.05, 4.69) is 5.32 Å². The van der Waals surface area contributed by atoms with Gasteiger partial charge in [0.15, 0.2) is 0 Å². The van der Waals surface area contributed by atoms with Gasteiger partial charge in [-0.05, 0) is 25.3 Å². The van der Waals surface area contributed by atoms with Gasteiger partial charge in [-0.1, -0.05) is 32.0 Å². The number of nitrogens with one attached hydrogen (secondary N) is 1. The summed E-state index contributed by atoms with van der Waals surface area (Å²) in [4.78, 5) is 23.8. The molecule has 120 valence electrons. The Morgan fingerprint density at radius 2 is 2.09 bits per heavy atom. The van der Waals surface area contributed by atoms with Crippen molar-refractivity contribution in [2.24, 2.45) is 5.92 Å². The number of carboxylic acid groups (broad SMARTS) is 1. The Hall–Kier alpha value is -2.04. The fourth-order valence-corrected chi connectivity index (χ4v) is 2.69. The molecule has 0 aromatic heterocycles. The summed E-state index contributed by atoms with van der Waals surface area (Å²) in [7, 11) is 0. The molecule has 0 saturated heterocycles. The fraction of sp³-hybridized carbons (Fsp3) is 0.529. The van der Waals surface area contributed by atoms with Crippen LogP contribution in [0.3, 0.4) is 0 Å². The van der Waals surface area contributed by atoms with Crippen LogP contribution in [-0.2, 0) is 9.59 Å². The molecule has 1 aromatic carbocycles. The number of rotatable bonds is 5. The number of carboxylic acids is 1. The average molecular weight is 305 g/mol. The summed E-state index contributed by atoms with van der Waals surface area (Å²) >= 11 is 0. The number of carbonyl (C=O) groups is 2. The van der Waals surface area contributed by atoms with Crippen LogP contribution in [0.4, 0.5) is 0 Å². The monoisotopic (exact) mass is 305 g/mol. The SMILES string of the molecule is CC(C)C(C)(CC(=O)O)NC(=O)C1CCOc2ccccc21. The molecule has 1 aliphatic rings. The van der Waals surface area contributed by atoms with Crippen LogP contribution >= 0.6 is 0 Å². The largest absolute Gasteiger partial charge is 0.493 e. The number of benzene rings is 1.